The number of hydrogen-bond acceptors (Lipinski definition) is 3. The zero-order valence-electron chi connectivity index (χ0n) is 8.83. The summed E-state index contributed by atoms with van der Waals surface area (Å²) in [6.07, 6.45) is 2.15. The topological polar surface area (TPSA) is 34.4 Å². The fourth-order valence-corrected chi connectivity index (χ4v) is 2.29. The van der Waals surface area contributed by atoms with Crippen molar-refractivity contribution in [2.45, 2.75) is 24.8 Å². The largest absolute Gasteiger partial charge is 0.449 e. The number of halogens is 1. The van der Waals surface area contributed by atoms with E-state index in [0.717, 1.165) is 31.8 Å². The first kappa shape index (κ1) is 11.0. The van der Waals surface area contributed by atoms with Gasteiger partial charge in [-0.3, -0.25) is 0 Å². The van der Waals surface area contributed by atoms with Gasteiger partial charge in [-0.05, 0) is 43.1 Å². The highest BCUT2D eigenvalue weighted by atomic mass is 35.5. The van der Waals surface area contributed by atoms with E-state index < -0.39 is 0 Å². The molecule has 1 aromatic rings. The number of hydrogen-bond donors (Lipinski definition) is 1. The first-order chi connectivity index (χ1) is 7.29. The number of furan rings is 1. The van der Waals surface area contributed by atoms with E-state index in [-0.39, 0.29) is 0 Å². The van der Waals surface area contributed by atoms with Gasteiger partial charge in [0.25, 0.3) is 0 Å². The van der Waals surface area contributed by atoms with Crippen molar-refractivity contribution in [3.05, 3.63) is 23.1 Å². The van der Waals surface area contributed by atoms with E-state index in [9.17, 15) is 0 Å². The van der Waals surface area contributed by atoms with Crippen LogP contribution >= 0.6 is 11.6 Å². The molecule has 0 spiro atoms. The molecule has 0 bridgehead atoms. The van der Waals surface area contributed by atoms with E-state index in [2.05, 4.69) is 5.32 Å². The molecule has 1 aromatic heterocycles. The predicted octanol–water partition coefficient (Wildman–Crippen LogP) is 2.42. The smallest absolute Gasteiger partial charge is 0.193 e. The maximum absolute atomic E-state index is 5.77. The van der Waals surface area contributed by atoms with Crippen LogP contribution in [0.25, 0.3) is 0 Å². The Labute approximate surface area is 94.7 Å². The van der Waals surface area contributed by atoms with Gasteiger partial charge in [0.15, 0.2) is 5.22 Å². The molecule has 84 valence electrons. The molecule has 2 heterocycles. The van der Waals surface area contributed by atoms with Crippen molar-refractivity contribution in [3.63, 3.8) is 0 Å². The summed E-state index contributed by atoms with van der Waals surface area (Å²) in [6.45, 7) is 1.77. The first-order valence-corrected chi connectivity index (χ1v) is 5.65. The standard InChI is InChI=1S/C11H16ClNO2/c1-14-7-9-6-8(4-5-13-9)10-2-3-11(12)15-10/h2-3,8-9,13H,4-7H2,1H3. The van der Waals surface area contributed by atoms with Crippen molar-refractivity contribution in [3.8, 4) is 0 Å². The summed E-state index contributed by atoms with van der Waals surface area (Å²) in [7, 11) is 1.73. The van der Waals surface area contributed by atoms with Crippen LogP contribution in [0.2, 0.25) is 5.22 Å². The van der Waals surface area contributed by atoms with Crippen LogP contribution in [0, 0.1) is 0 Å². The van der Waals surface area contributed by atoms with Crippen LogP contribution in [-0.2, 0) is 4.74 Å². The van der Waals surface area contributed by atoms with Gasteiger partial charge in [-0.2, -0.15) is 0 Å². The lowest BCUT2D eigenvalue weighted by molar-refractivity contribution is 0.146. The number of methoxy groups -OCH3 is 1. The van der Waals surface area contributed by atoms with Gasteiger partial charge < -0.3 is 14.5 Å². The molecule has 1 saturated heterocycles. The Bertz CT molecular complexity index is 311. The maximum Gasteiger partial charge on any atom is 0.193 e. The minimum atomic E-state index is 0.428. The molecule has 2 unspecified atom stereocenters. The minimum absolute atomic E-state index is 0.428. The summed E-state index contributed by atoms with van der Waals surface area (Å²) >= 11 is 5.77. The molecule has 2 rings (SSSR count). The van der Waals surface area contributed by atoms with Crippen LogP contribution in [0.15, 0.2) is 16.5 Å². The number of piperidine rings is 1. The summed E-state index contributed by atoms with van der Waals surface area (Å²) in [4.78, 5) is 0. The zero-order valence-corrected chi connectivity index (χ0v) is 9.59. The third-order valence-corrected chi connectivity index (χ3v) is 3.06. The summed E-state index contributed by atoms with van der Waals surface area (Å²) in [5.41, 5.74) is 0. The molecule has 3 nitrogen and oxygen atoms in total. The van der Waals surface area contributed by atoms with Crippen LogP contribution in [0.1, 0.15) is 24.5 Å². The molecular weight excluding hydrogens is 214 g/mol. The van der Waals surface area contributed by atoms with Crippen LogP contribution in [0.5, 0.6) is 0 Å². The summed E-state index contributed by atoms with van der Waals surface area (Å²) < 4.78 is 10.6. The number of nitrogens with one attached hydrogen (secondary N) is 1. The molecule has 0 radical (unpaired) electrons. The molecule has 4 heteroatoms. The van der Waals surface area contributed by atoms with Gasteiger partial charge in [-0.1, -0.05) is 0 Å². The Kier molecular flexibility index (Phi) is 3.67. The van der Waals surface area contributed by atoms with Gasteiger partial charge in [0, 0.05) is 19.1 Å². The molecule has 0 saturated carbocycles. The Morgan fingerprint density at radius 3 is 3.13 bits per heavy atom. The molecule has 2 atom stereocenters. The lowest BCUT2D eigenvalue weighted by Gasteiger charge is -2.28. The van der Waals surface area contributed by atoms with Crippen molar-refractivity contribution < 1.29 is 9.15 Å². The van der Waals surface area contributed by atoms with Crippen molar-refractivity contribution in [2.24, 2.45) is 0 Å². The van der Waals surface area contributed by atoms with E-state index >= 15 is 0 Å². The monoisotopic (exact) mass is 229 g/mol. The normalized spacial score (nSPS) is 26.8. The van der Waals surface area contributed by atoms with Gasteiger partial charge >= 0.3 is 0 Å². The fourth-order valence-electron chi connectivity index (χ4n) is 2.14. The minimum Gasteiger partial charge on any atom is -0.449 e. The average molecular weight is 230 g/mol. The molecule has 0 aliphatic carbocycles. The zero-order chi connectivity index (χ0) is 10.7. The predicted molar refractivity (Wildman–Crippen MR) is 59.4 cm³/mol. The Morgan fingerprint density at radius 2 is 2.47 bits per heavy atom. The van der Waals surface area contributed by atoms with Crippen LogP contribution in [0.4, 0.5) is 0 Å². The van der Waals surface area contributed by atoms with E-state index in [1.54, 1.807) is 7.11 Å². The Balaban J connectivity index is 1.98. The van der Waals surface area contributed by atoms with Crippen molar-refractivity contribution >= 4 is 11.6 Å². The van der Waals surface area contributed by atoms with Crippen molar-refractivity contribution in [2.75, 3.05) is 20.3 Å². The summed E-state index contributed by atoms with van der Waals surface area (Å²) in [6, 6.07) is 4.21. The molecule has 1 aliphatic rings. The van der Waals surface area contributed by atoms with Gasteiger partial charge in [0.2, 0.25) is 0 Å². The summed E-state index contributed by atoms with van der Waals surface area (Å²) in [5.74, 6) is 1.47. The first-order valence-electron chi connectivity index (χ1n) is 5.27. The highest BCUT2D eigenvalue weighted by Crippen LogP contribution is 2.30. The van der Waals surface area contributed by atoms with Gasteiger partial charge in [-0.25, -0.2) is 0 Å². The quantitative estimate of drug-likeness (QED) is 0.865. The molecule has 0 aromatic carbocycles. The highest BCUT2D eigenvalue weighted by Gasteiger charge is 2.24. The third-order valence-electron chi connectivity index (χ3n) is 2.86. The third kappa shape index (κ3) is 2.74. The van der Waals surface area contributed by atoms with E-state index in [1.165, 1.54) is 0 Å². The number of ether oxygens (including phenoxy) is 1. The Morgan fingerprint density at radius 1 is 1.60 bits per heavy atom. The SMILES string of the molecule is COCC1CC(c2ccc(Cl)o2)CCN1. The van der Waals surface area contributed by atoms with E-state index in [1.807, 2.05) is 12.1 Å². The summed E-state index contributed by atoms with van der Waals surface area (Å²) in [5, 5.41) is 3.91. The molecule has 1 aliphatic heterocycles. The second-order valence-corrected chi connectivity index (χ2v) is 4.34. The molecule has 0 amide bonds. The van der Waals surface area contributed by atoms with E-state index in [4.69, 9.17) is 20.8 Å². The second kappa shape index (κ2) is 5.01. The fraction of sp³-hybridized carbons (Fsp3) is 0.636. The highest BCUT2D eigenvalue weighted by molar-refractivity contribution is 6.28. The Hall–Kier alpha value is -0.510. The van der Waals surface area contributed by atoms with Crippen LogP contribution in [-0.4, -0.2) is 26.3 Å². The van der Waals surface area contributed by atoms with Crippen molar-refractivity contribution in [1.82, 2.24) is 5.32 Å². The molecule has 15 heavy (non-hydrogen) atoms. The number of rotatable bonds is 3. The van der Waals surface area contributed by atoms with Crippen molar-refractivity contribution in [1.29, 1.82) is 0 Å². The van der Waals surface area contributed by atoms with Gasteiger partial charge in [0.05, 0.1) is 6.61 Å². The molecule has 1 N–H and O–H groups in total. The van der Waals surface area contributed by atoms with E-state index in [0.29, 0.717) is 17.2 Å². The van der Waals surface area contributed by atoms with Crippen LogP contribution in [0.3, 0.4) is 0 Å². The lowest BCUT2D eigenvalue weighted by Crippen LogP contribution is -2.40. The second-order valence-electron chi connectivity index (χ2n) is 3.97. The van der Waals surface area contributed by atoms with Crippen LogP contribution < -0.4 is 5.32 Å². The molecule has 1 fully saturated rings. The maximum atomic E-state index is 5.77. The van der Waals surface area contributed by atoms with Gasteiger partial charge in [0.1, 0.15) is 5.76 Å². The lowest BCUT2D eigenvalue weighted by atomic mass is 9.91. The average Bonchev–Trinajstić information content (AvgIpc) is 2.66. The molecular formula is C11H16ClNO2. The van der Waals surface area contributed by atoms with Gasteiger partial charge in [-0.15, -0.1) is 0 Å².